The summed E-state index contributed by atoms with van der Waals surface area (Å²) in [5, 5.41) is 0. The molecule has 1 unspecified atom stereocenters. The van der Waals surface area contributed by atoms with Gasteiger partial charge in [-0.15, -0.1) is 0 Å². The largest absolute Gasteiger partial charge is 0.340 e. The van der Waals surface area contributed by atoms with E-state index < -0.39 is 0 Å². The third kappa shape index (κ3) is 1.93. The van der Waals surface area contributed by atoms with Crippen LogP contribution in [0.5, 0.6) is 0 Å². The summed E-state index contributed by atoms with van der Waals surface area (Å²) in [7, 11) is 0. The van der Waals surface area contributed by atoms with Gasteiger partial charge >= 0.3 is 0 Å². The summed E-state index contributed by atoms with van der Waals surface area (Å²) >= 11 is 0. The lowest BCUT2D eigenvalue weighted by molar-refractivity contribution is -0.137. The maximum Gasteiger partial charge on any atom is 0.222 e. The van der Waals surface area contributed by atoms with Gasteiger partial charge in [0.1, 0.15) is 0 Å². The Labute approximate surface area is 67.5 Å². The van der Waals surface area contributed by atoms with Gasteiger partial charge in [-0.3, -0.25) is 4.79 Å². The number of likely N-dealkylation sites (tertiary alicyclic amines) is 1. The number of carbonyl (C=O) groups is 1. The maximum atomic E-state index is 11.2. The van der Waals surface area contributed by atoms with Crippen molar-refractivity contribution in [1.82, 2.24) is 4.90 Å². The number of nitrogens with two attached hydrogens (primary N) is 1. The smallest absolute Gasteiger partial charge is 0.222 e. The van der Waals surface area contributed by atoms with Crippen molar-refractivity contribution in [1.29, 1.82) is 0 Å². The first-order chi connectivity index (χ1) is 5.25. The van der Waals surface area contributed by atoms with Gasteiger partial charge in [-0.2, -0.15) is 0 Å². The lowest BCUT2D eigenvalue weighted by Gasteiger charge is -2.38. The zero-order chi connectivity index (χ0) is 8.27. The second kappa shape index (κ2) is 3.72. The molecule has 0 aromatic rings. The van der Waals surface area contributed by atoms with Crippen LogP contribution in [0.2, 0.25) is 0 Å². The predicted molar refractivity (Wildman–Crippen MR) is 43.8 cm³/mol. The van der Waals surface area contributed by atoms with Crippen LogP contribution in [-0.2, 0) is 4.79 Å². The second-order valence-corrected chi connectivity index (χ2v) is 2.92. The molecule has 1 heterocycles. The number of hydrogen-bond donors (Lipinski definition) is 1. The molecule has 0 saturated carbocycles. The van der Waals surface area contributed by atoms with Crippen LogP contribution >= 0.6 is 0 Å². The minimum absolute atomic E-state index is 0.210. The Morgan fingerprint density at radius 2 is 2.45 bits per heavy atom. The van der Waals surface area contributed by atoms with Crippen LogP contribution in [0.25, 0.3) is 0 Å². The molecule has 63 valence electrons. The van der Waals surface area contributed by atoms with Crippen molar-refractivity contribution in [3.05, 3.63) is 6.92 Å². The monoisotopic (exact) mass is 155 g/mol. The van der Waals surface area contributed by atoms with Crippen molar-refractivity contribution in [3.8, 4) is 0 Å². The average Bonchev–Trinajstić information content (AvgIpc) is 1.98. The molecule has 0 spiro atoms. The first-order valence-electron chi connectivity index (χ1n) is 4.08. The molecule has 0 aliphatic carbocycles. The molecule has 1 amide bonds. The molecule has 1 radical (unpaired) electrons. The van der Waals surface area contributed by atoms with Gasteiger partial charge < -0.3 is 10.6 Å². The number of nitrogens with zero attached hydrogens (tertiary/aromatic N) is 1. The molecule has 2 N–H and O–H groups in total. The fraction of sp³-hybridized carbons (Fsp3) is 0.750. The fourth-order valence-electron chi connectivity index (χ4n) is 1.17. The third-order valence-electron chi connectivity index (χ3n) is 2.06. The summed E-state index contributed by atoms with van der Waals surface area (Å²) < 4.78 is 0. The molecule has 1 rings (SSSR count). The van der Waals surface area contributed by atoms with Crippen LogP contribution in [0.15, 0.2) is 0 Å². The molecule has 0 bridgehead atoms. The van der Waals surface area contributed by atoms with E-state index in [1.807, 2.05) is 4.90 Å². The summed E-state index contributed by atoms with van der Waals surface area (Å²) in [6.45, 7) is 5.31. The molecule has 1 saturated heterocycles. The Bertz CT molecular complexity index is 147. The van der Waals surface area contributed by atoms with Crippen molar-refractivity contribution >= 4 is 5.91 Å². The summed E-state index contributed by atoms with van der Waals surface area (Å²) in [5.41, 5.74) is 5.28. The molecule has 1 atom stereocenters. The lowest BCUT2D eigenvalue weighted by Crippen LogP contribution is -2.49. The predicted octanol–water partition coefficient (Wildman–Crippen LogP) is 0.160. The summed E-state index contributed by atoms with van der Waals surface area (Å²) in [4.78, 5) is 13.0. The highest BCUT2D eigenvalue weighted by Gasteiger charge is 2.27. The number of amides is 1. The summed E-state index contributed by atoms with van der Waals surface area (Å²) in [6, 6.07) is 0.222. The Morgan fingerprint density at radius 1 is 1.73 bits per heavy atom. The van der Waals surface area contributed by atoms with Gasteiger partial charge in [0.2, 0.25) is 5.91 Å². The standard InChI is InChI=1S/C8H15N2O/c1-7-4-6-10(7)8(11)3-2-5-9/h7H,1-6,9H2. The molecule has 3 heteroatoms. The van der Waals surface area contributed by atoms with Gasteiger partial charge in [-0.25, -0.2) is 0 Å². The maximum absolute atomic E-state index is 11.2. The van der Waals surface area contributed by atoms with Crippen LogP contribution in [-0.4, -0.2) is 29.9 Å². The highest BCUT2D eigenvalue weighted by Crippen LogP contribution is 2.17. The van der Waals surface area contributed by atoms with E-state index in [0.717, 1.165) is 19.4 Å². The summed E-state index contributed by atoms with van der Waals surface area (Å²) in [5.74, 6) is 0.210. The second-order valence-electron chi connectivity index (χ2n) is 2.92. The van der Waals surface area contributed by atoms with Crippen molar-refractivity contribution < 1.29 is 4.79 Å². The van der Waals surface area contributed by atoms with E-state index in [4.69, 9.17) is 5.73 Å². The van der Waals surface area contributed by atoms with Gasteiger partial charge in [-0.05, 0) is 26.3 Å². The average molecular weight is 155 g/mol. The number of rotatable bonds is 3. The van der Waals surface area contributed by atoms with Crippen LogP contribution in [0, 0.1) is 6.92 Å². The van der Waals surface area contributed by atoms with E-state index in [1.54, 1.807) is 0 Å². The fourth-order valence-corrected chi connectivity index (χ4v) is 1.17. The van der Waals surface area contributed by atoms with Gasteiger partial charge in [0.05, 0.1) is 0 Å². The molecule has 11 heavy (non-hydrogen) atoms. The van der Waals surface area contributed by atoms with Gasteiger partial charge in [0.25, 0.3) is 0 Å². The van der Waals surface area contributed by atoms with Gasteiger partial charge in [-0.1, -0.05) is 0 Å². The Hall–Kier alpha value is -0.570. The Kier molecular flexibility index (Phi) is 2.88. The van der Waals surface area contributed by atoms with Crippen molar-refractivity contribution in [2.24, 2.45) is 5.73 Å². The van der Waals surface area contributed by atoms with E-state index in [1.165, 1.54) is 0 Å². The highest BCUT2D eigenvalue weighted by atomic mass is 16.2. The molecule has 0 aromatic carbocycles. The van der Waals surface area contributed by atoms with E-state index >= 15 is 0 Å². The normalized spacial score (nSPS) is 23.1. The summed E-state index contributed by atoms with van der Waals surface area (Å²) in [6.07, 6.45) is 2.43. The van der Waals surface area contributed by atoms with E-state index in [0.29, 0.717) is 13.0 Å². The van der Waals surface area contributed by atoms with Crippen LogP contribution in [0.1, 0.15) is 19.3 Å². The number of hydrogen-bond acceptors (Lipinski definition) is 2. The van der Waals surface area contributed by atoms with Crippen LogP contribution in [0.3, 0.4) is 0 Å². The lowest BCUT2D eigenvalue weighted by atomic mass is 10.0. The molecule has 0 aromatic heterocycles. The minimum Gasteiger partial charge on any atom is -0.340 e. The zero-order valence-electron chi connectivity index (χ0n) is 6.75. The molecular formula is C8H15N2O. The topological polar surface area (TPSA) is 46.3 Å². The van der Waals surface area contributed by atoms with Crippen LogP contribution in [0.4, 0.5) is 0 Å². The molecular weight excluding hydrogens is 140 g/mol. The van der Waals surface area contributed by atoms with Crippen molar-refractivity contribution in [2.75, 3.05) is 13.1 Å². The Balaban J connectivity index is 2.19. The van der Waals surface area contributed by atoms with Gasteiger partial charge in [0.15, 0.2) is 0 Å². The molecule has 1 aliphatic heterocycles. The Morgan fingerprint density at radius 3 is 2.82 bits per heavy atom. The van der Waals surface area contributed by atoms with Crippen molar-refractivity contribution in [2.45, 2.75) is 25.3 Å². The SMILES string of the molecule is [CH2]C1CCN1C(=O)CCCN. The highest BCUT2D eigenvalue weighted by molar-refractivity contribution is 5.77. The third-order valence-corrected chi connectivity index (χ3v) is 2.06. The van der Waals surface area contributed by atoms with Gasteiger partial charge in [0, 0.05) is 19.0 Å². The minimum atomic E-state index is 0.210. The molecule has 1 aliphatic rings. The van der Waals surface area contributed by atoms with E-state index in [2.05, 4.69) is 6.92 Å². The van der Waals surface area contributed by atoms with E-state index in [-0.39, 0.29) is 11.9 Å². The van der Waals surface area contributed by atoms with Crippen LogP contribution < -0.4 is 5.73 Å². The molecule has 3 nitrogen and oxygen atoms in total. The first-order valence-corrected chi connectivity index (χ1v) is 4.08. The van der Waals surface area contributed by atoms with Crippen molar-refractivity contribution in [3.63, 3.8) is 0 Å². The number of carbonyl (C=O) groups excluding carboxylic acids is 1. The molecule has 1 fully saturated rings. The zero-order valence-corrected chi connectivity index (χ0v) is 6.75. The quantitative estimate of drug-likeness (QED) is 0.631. The van der Waals surface area contributed by atoms with E-state index in [9.17, 15) is 4.79 Å². The first kappa shape index (κ1) is 8.53.